The van der Waals surface area contributed by atoms with Crippen molar-refractivity contribution < 1.29 is 14.6 Å². The fourth-order valence-electron chi connectivity index (χ4n) is 1.94. The monoisotopic (exact) mass is 251 g/mol. The van der Waals surface area contributed by atoms with E-state index in [1.807, 2.05) is 6.92 Å². The highest BCUT2D eigenvalue weighted by Gasteiger charge is 2.31. The van der Waals surface area contributed by atoms with E-state index in [1.165, 1.54) is 6.20 Å². The van der Waals surface area contributed by atoms with Crippen LogP contribution >= 0.6 is 0 Å². The Kier molecular flexibility index (Phi) is 3.78. The molecule has 98 valence electrons. The molecule has 6 nitrogen and oxygen atoms in total. The Morgan fingerprint density at radius 2 is 2.50 bits per heavy atom. The van der Waals surface area contributed by atoms with Gasteiger partial charge in [-0.1, -0.05) is 0 Å². The highest BCUT2D eigenvalue weighted by molar-refractivity contribution is 5.97. The van der Waals surface area contributed by atoms with Crippen LogP contribution in [0.2, 0.25) is 0 Å². The molecule has 1 aliphatic rings. The molecule has 0 bridgehead atoms. The summed E-state index contributed by atoms with van der Waals surface area (Å²) in [6.07, 6.45) is 1.20. The summed E-state index contributed by atoms with van der Waals surface area (Å²) in [5.41, 5.74) is 6.37. The summed E-state index contributed by atoms with van der Waals surface area (Å²) in [6, 6.07) is 3.28. The number of nitrogens with two attached hydrogens (primary N) is 1. The molecule has 0 radical (unpaired) electrons. The maximum absolute atomic E-state index is 12.3. The van der Waals surface area contributed by atoms with Crippen molar-refractivity contribution in [1.82, 2.24) is 9.88 Å². The number of pyridine rings is 1. The van der Waals surface area contributed by atoms with E-state index in [0.29, 0.717) is 18.8 Å². The zero-order valence-corrected chi connectivity index (χ0v) is 10.2. The van der Waals surface area contributed by atoms with Crippen molar-refractivity contribution in [3.63, 3.8) is 0 Å². The Balaban J connectivity index is 2.19. The second kappa shape index (κ2) is 5.32. The van der Waals surface area contributed by atoms with E-state index in [2.05, 4.69) is 4.98 Å². The number of ether oxygens (including phenoxy) is 1. The van der Waals surface area contributed by atoms with Crippen LogP contribution in [0.25, 0.3) is 0 Å². The van der Waals surface area contributed by atoms with E-state index in [1.54, 1.807) is 17.0 Å². The van der Waals surface area contributed by atoms with Gasteiger partial charge in [0.25, 0.3) is 5.91 Å². The van der Waals surface area contributed by atoms with Crippen LogP contribution < -0.4 is 5.73 Å². The summed E-state index contributed by atoms with van der Waals surface area (Å²) in [4.78, 5) is 18.0. The van der Waals surface area contributed by atoms with Gasteiger partial charge in [-0.05, 0) is 19.1 Å². The molecule has 2 heterocycles. The van der Waals surface area contributed by atoms with E-state index in [9.17, 15) is 4.79 Å². The van der Waals surface area contributed by atoms with Crippen LogP contribution in [0.5, 0.6) is 0 Å². The predicted octanol–water partition coefficient (Wildman–Crippen LogP) is -0.114. The van der Waals surface area contributed by atoms with Crippen molar-refractivity contribution in [3.8, 4) is 0 Å². The third kappa shape index (κ3) is 2.44. The maximum Gasteiger partial charge on any atom is 0.275 e. The minimum Gasteiger partial charge on any atom is -0.397 e. The van der Waals surface area contributed by atoms with Gasteiger partial charge in [0.05, 0.1) is 31.0 Å². The van der Waals surface area contributed by atoms with Gasteiger partial charge in [0, 0.05) is 12.7 Å². The average Bonchev–Trinajstić information content (AvgIpc) is 2.39. The van der Waals surface area contributed by atoms with Gasteiger partial charge in [0.1, 0.15) is 0 Å². The number of morpholine rings is 1. The Morgan fingerprint density at radius 3 is 3.17 bits per heavy atom. The number of rotatable bonds is 2. The Bertz CT molecular complexity index is 438. The molecule has 1 amide bonds. The molecule has 6 heteroatoms. The second-order valence-electron chi connectivity index (χ2n) is 4.39. The van der Waals surface area contributed by atoms with Gasteiger partial charge in [-0.15, -0.1) is 0 Å². The third-order valence-electron chi connectivity index (χ3n) is 3.01. The van der Waals surface area contributed by atoms with Crippen LogP contribution in [0.3, 0.4) is 0 Å². The highest BCUT2D eigenvalue weighted by atomic mass is 16.5. The van der Waals surface area contributed by atoms with Crippen molar-refractivity contribution in [2.24, 2.45) is 0 Å². The molecule has 1 saturated heterocycles. The first-order valence-corrected chi connectivity index (χ1v) is 5.87. The lowest BCUT2D eigenvalue weighted by molar-refractivity contribution is -0.0668. The summed E-state index contributed by atoms with van der Waals surface area (Å²) in [5, 5.41) is 9.10. The number of hydrogen-bond donors (Lipinski definition) is 2. The smallest absolute Gasteiger partial charge is 0.275 e. The summed E-state index contributed by atoms with van der Waals surface area (Å²) < 4.78 is 5.39. The van der Waals surface area contributed by atoms with Crippen molar-refractivity contribution in [1.29, 1.82) is 0 Å². The normalized spacial score (nSPS) is 24.0. The number of nitrogen functional groups attached to an aromatic ring is 1. The van der Waals surface area contributed by atoms with Crippen molar-refractivity contribution >= 4 is 11.6 Å². The Morgan fingerprint density at radius 1 is 1.72 bits per heavy atom. The number of hydrogen-bond acceptors (Lipinski definition) is 5. The number of aliphatic hydroxyl groups is 1. The molecular weight excluding hydrogens is 234 g/mol. The fourth-order valence-corrected chi connectivity index (χ4v) is 1.94. The molecule has 1 aromatic heterocycles. The minimum absolute atomic E-state index is 0.0540. The second-order valence-corrected chi connectivity index (χ2v) is 4.39. The number of carbonyl (C=O) groups excluding carboxylic acids is 1. The topological polar surface area (TPSA) is 88.7 Å². The zero-order chi connectivity index (χ0) is 13.1. The lowest BCUT2D eigenvalue weighted by Crippen LogP contribution is -2.52. The highest BCUT2D eigenvalue weighted by Crippen LogP contribution is 2.17. The number of aliphatic hydroxyl groups excluding tert-OH is 1. The standard InChI is InChI=1S/C12H17N3O3/c1-8-7-18-9(6-16)5-15(8)12(17)11-10(13)3-2-4-14-11/h2-4,8-9,16H,5-7,13H2,1H3. The number of anilines is 1. The quantitative estimate of drug-likeness (QED) is 0.765. The number of carbonyl (C=O) groups is 1. The molecular formula is C12H17N3O3. The van der Waals surface area contributed by atoms with Crippen molar-refractivity contribution in [2.45, 2.75) is 19.1 Å². The first-order valence-electron chi connectivity index (χ1n) is 5.87. The zero-order valence-electron chi connectivity index (χ0n) is 10.2. The summed E-state index contributed by atoms with van der Waals surface area (Å²) in [5.74, 6) is -0.220. The van der Waals surface area contributed by atoms with Crippen LogP contribution in [0.4, 0.5) is 5.69 Å². The van der Waals surface area contributed by atoms with E-state index >= 15 is 0 Å². The molecule has 1 fully saturated rings. The van der Waals surface area contributed by atoms with Crippen molar-refractivity contribution in [2.75, 3.05) is 25.5 Å². The Labute approximate surface area is 105 Å². The van der Waals surface area contributed by atoms with Crippen LogP contribution in [-0.2, 0) is 4.74 Å². The lowest BCUT2D eigenvalue weighted by Gasteiger charge is -2.37. The molecule has 2 rings (SSSR count). The van der Waals surface area contributed by atoms with Crippen molar-refractivity contribution in [3.05, 3.63) is 24.0 Å². The molecule has 0 aliphatic carbocycles. The molecule has 0 saturated carbocycles. The van der Waals surface area contributed by atoms with E-state index in [0.717, 1.165) is 0 Å². The third-order valence-corrected chi connectivity index (χ3v) is 3.01. The van der Waals surface area contributed by atoms with Gasteiger partial charge in [-0.2, -0.15) is 0 Å². The molecule has 3 N–H and O–H groups in total. The SMILES string of the molecule is CC1COC(CO)CN1C(=O)c1ncccc1N. The fraction of sp³-hybridized carbons (Fsp3) is 0.500. The number of amides is 1. The van der Waals surface area contributed by atoms with Gasteiger partial charge in [0.15, 0.2) is 5.69 Å². The molecule has 1 aromatic rings. The maximum atomic E-state index is 12.3. The van der Waals surface area contributed by atoms with E-state index in [4.69, 9.17) is 15.6 Å². The van der Waals surface area contributed by atoms with Crippen LogP contribution in [-0.4, -0.2) is 52.8 Å². The lowest BCUT2D eigenvalue weighted by atomic mass is 10.1. The molecule has 2 unspecified atom stereocenters. The minimum atomic E-state index is -0.338. The van der Waals surface area contributed by atoms with Crippen LogP contribution in [0.1, 0.15) is 17.4 Å². The summed E-state index contributed by atoms with van der Waals surface area (Å²) in [6.45, 7) is 2.55. The molecule has 1 aliphatic heterocycles. The number of nitrogens with zero attached hydrogens (tertiary/aromatic N) is 2. The molecule has 2 atom stereocenters. The number of aromatic nitrogens is 1. The largest absolute Gasteiger partial charge is 0.397 e. The predicted molar refractivity (Wildman–Crippen MR) is 66.0 cm³/mol. The average molecular weight is 251 g/mol. The first kappa shape index (κ1) is 12.8. The molecule has 18 heavy (non-hydrogen) atoms. The van der Waals surface area contributed by atoms with Crippen LogP contribution in [0.15, 0.2) is 18.3 Å². The summed E-state index contributed by atoms with van der Waals surface area (Å²) >= 11 is 0. The van der Waals surface area contributed by atoms with E-state index in [-0.39, 0.29) is 30.4 Å². The van der Waals surface area contributed by atoms with Gasteiger partial charge >= 0.3 is 0 Å². The molecule has 0 spiro atoms. The van der Waals surface area contributed by atoms with Gasteiger partial charge < -0.3 is 20.5 Å². The first-order chi connectivity index (χ1) is 8.63. The van der Waals surface area contributed by atoms with Gasteiger partial charge in [-0.3, -0.25) is 4.79 Å². The Hall–Kier alpha value is -1.66. The van der Waals surface area contributed by atoms with Gasteiger partial charge in [-0.25, -0.2) is 4.98 Å². The summed E-state index contributed by atoms with van der Waals surface area (Å²) in [7, 11) is 0. The van der Waals surface area contributed by atoms with E-state index < -0.39 is 0 Å². The van der Waals surface area contributed by atoms with Gasteiger partial charge in [0.2, 0.25) is 0 Å². The van der Waals surface area contributed by atoms with Crippen LogP contribution in [0, 0.1) is 0 Å². The molecule has 0 aromatic carbocycles.